The van der Waals surface area contributed by atoms with Gasteiger partial charge in [-0.3, -0.25) is 9.08 Å². The quantitative estimate of drug-likeness (QED) is 0.612. The minimum absolute atomic E-state index is 0.0295. The van der Waals surface area contributed by atoms with Crippen molar-refractivity contribution in [3.8, 4) is 0 Å². The molecule has 0 fully saturated rings. The third-order valence-corrected chi connectivity index (χ3v) is 5.51. The van der Waals surface area contributed by atoms with Crippen molar-refractivity contribution < 1.29 is 17.5 Å². The number of carbonyl (C=O) groups excluding carboxylic acids is 1. The van der Waals surface area contributed by atoms with Gasteiger partial charge in [0.05, 0.1) is 0 Å². The van der Waals surface area contributed by atoms with Crippen LogP contribution in [-0.4, -0.2) is 30.7 Å². The van der Waals surface area contributed by atoms with Crippen molar-refractivity contribution in [2.75, 3.05) is 0 Å². The number of hydrogen-bond acceptors (Lipinski definition) is 5. The van der Waals surface area contributed by atoms with Crippen LogP contribution in [0.5, 0.6) is 0 Å². The predicted octanol–water partition coefficient (Wildman–Crippen LogP) is 2.88. The monoisotopic (exact) mass is 361 g/mol. The number of oxime groups is 1. The Morgan fingerprint density at radius 2 is 1.64 bits per heavy atom. The van der Waals surface area contributed by atoms with Crippen LogP contribution < -0.4 is 0 Å². The number of Topliss-reactive ketones (excluding diaryl/α,β-unsaturated/α-hetero) is 1. The minimum Gasteiger partial charge on any atom is -0.293 e. The lowest BCUT2D eigenvalue weighted by molar-refractivity contribution is -0.115. The Morgan fingerprint density at radius 1 is 1.05 bits per heavy atom. The highest BCUT2D eigenvalue weighted by molar-refractivity contribution is 7.86. The van der Waals surface area contributed by atoms with Gasteiger partial charge in [-0.1, -0.05) is 23.4 Å². The molecular weight excluding hydrogens is 349 g/mol. The molecule has 0 spiro atoms. The number of rotatable bonds is 3. The van der Waals surface area contributed by atoms with Gasteiger partial charge < -0.3 is 0 Å². The fourth-order valence-electron chi connectivity index (χ4n) is 1.90. The molecule has 0 N–H and O–H groups in total. The van der Waals surface area contributed by atoms with Gasteiger partial charge in [0.25, 0.3) is 0 Å². The maximum Gasteiger partial charge on any atom is 0.358 e. The normalized spacial score (nSPS) is 24.7. The summed E-state index contributed by atoms with van der Waals surface area (Å²) in [4.78, 5) is 11.8. The van der Waals surface area contributed by atoms with E-state index in [-0.39, 0.29) is 16.4 Å². The first-order valence-electron chi connectivity index (χ1n) is 6.32. The summed E-state index contributed by atoms with van der Waals surface area (Å²) in [5.74, 6) is -0.302. The third kappa shape index (κ3) is 3.19. The molecule has 1 aliphatic carbocycles. The van der Waals surface area contributed by atoms with Crippen molar-refractivity contribution in [1.82, 2.24) is 0 Å². The number of carbonyl (C=O) groups is 1. The average molecular weight is 362 g/mol. The molecule has 0 saturated carbocycles. The number of hydrogen-bond donors (Lipinski definition) is 0. The van der Waals surface area contributed by atoms with Crippen LogP contribution in [0.25, 0.3) is 0 Å². The van der Waals surface area contributed by atoms with Crippen LogP contribution >= 0.6 is 23.2 Å². The van der Waals surface area contributed by atoms with E-state index in [1.807, 2.05) is 0 Å². The summed E-state index contributed by atoms with van der Waals surface area (Å²) >= 11 is 12.0. The molecule has 0 aliphatic heterocycles. The van der Waals surface area contributed by atoms with Gasteiger partial charge in [-0.05, 0) is 37.1 Å². The highest BCUT2D eigenvalue weighted by Gasteiger charge is 2.37. The Bertz CT molecular complexity index is 756. The van der Waals surface area contributed by atoms with Crippen molar-refractivity contribution in [3.63, 3.8) is 0 Å². The lowest BCUT2D eigenvalue weighted by atomic mass is 9.90. The zero-order valence-electron chi connectivity index (χ0n) is 11.8. The molecule has 2 atom stereocenters. The first kappa shape index (κ1) is 17.0. The number of halogens is 2. The Balaban J connectivity index is 2.36. The standard InChI is InChI=1S/C14H13Cl2NO4S/c1-8-9(2)14(18)12(16)11(15)13(8)17-21-22(19,20)10-6-4-3-5-7-10/h3-7,11-12H,1-2H3. The van der Waals surface area contributed by atoms with E-state index in [0.29, 0.717) is 11.1 Å². The first-order valence-corrected chi connectivity index (χ1v) is 8.60. The highest BCUT2D eigenvalue weighted by atomic mass is 35.5. The average Bonchev–Trinajstić information content (AvgIpc) is 2.52. The molecule has 1 aromatic rings. The minimum atomic E-state index is -4.05. The van der Waals surface area contributed by atoms with E-state index in [0.717, 1.165) is 0 Å². The third-order valence-electron chi connectivity index (χ3n) is 3.35. The lowest BCUT2D eigenvalue weighted by Crippen LogP contribution is -2.38. The van der Waals surface area contributed by atoms with Crippen LogP contribution in [0.3, 0.4) is 0 Å². The van der Waals surface area contributed by atoms with Gasteiger partial charge in [0.1, 0.15) is 21.4 Å². The number of ketones is 1. The number of alkyl halides is 2. The Kier molecular flexibility index (Phi) is 4.94. The maximum atomic E-state index is 12.0. The fourth-order valence-corrected chi connectivity index (χ4v) is 3.26. The van der Waals surface area contributed by atoms with Gasteiger partial charge >= 0.3 is 10.1 Å². The number of benzene rings is 1. The highest BCUT2D eigenvalue weighted by Crippen LogP contribution is 2.28. The summed E-state index contributed by atoms with van der Waals surface area (Å²) in [6.45, 7) is 3.19. The molecule has 0 bridgehead atoms. The van der Waals surface area contributed by atoms with Crippen molar-refractivity contribution >= 4 is 44.8 Å². The summed E-state index contributed by atoms with van der Waals surface area (Å²) < 4.78 is 28.8. The lowest BCUT2D eigenvalue weighted by Gasteiger charge is -2.24. The smallest absolute Gasteiger partial charge is 0.293 e. The molecule has 0 heterocycles. The van der Waals surface area contributed by atoms with Crippen molar-refractivity contribution in [1.29, 1.82) is 0 Å². The Hall–Kier alpha value is -1.37. The molecule has 2 rings (SSSR count). The second kappa shape index (κ2) is 6.40. The first-order chi connectivity index (χ1) is 10.3. The summed E-state index contributed by atoms with van der Waals surface area (Å²) in [6.07, 6.45) is 0. The summed E-state index contributed by atoms with van der Waals surface area (Å²) in [5, 5.41) is 1.67. The molecule has 0 saturated heterocycles. The molecule has 5 nitrogen and oxygen atoms in total. The van der Waals surface area contributed by atoms with Crippen molar-refractivity contribution in [2.24, 2.45) is 5.16 Å². The van der Waals surface area contributed by atoms with E-state index in [9.17, 15) is 13.2 Å². The van der Waals surface area contributed by atoms with Crippen molar-refractivity contribution in [2.45, 2.75) is 29.5 Å². The molecule has 22 heavy (non-hydrogen) atoms. The second-order valence-corrected chi connectivity index (χ2v) is 7.21. The zero-order chi connectivity index (χ0) is 16.5. The number of allylic oxidation sites excluding steroid dienone is 2. The van der Waals surface area contributed by atoms with Crippen molar-refractivity contribution in [3.05, 3.63) is 41.5 Å². The predicted molar refractivity (Wildman–Crippen MR) is 84.8 cm³/mol. The van der Waals surface area contributed by atoms with E-state index in [2.05, 4.69) is 5.16 Å². The van der Waals surface area contributed by atoms with E-state index in [1.165, 1.54) is 12.1 Å². The van der Waals surface area contributed by atoms with Gasteiger partial charge in [0, 0.05) is 0 Å². The molecule has 2 unspecified atom stereocenters. The topological polar surface area (TPSA) is 72.8 Å². The Morgan fingerprint density at radius 3 is 2.23 bits per heavy atom. The fraction of sp³-hybridized carbons (Fsp3) is 0.286. The van der Waals surface area contributed by atoms with Crippen LogP contribution in [0.4, 0.5) is 0 Å². The van der Waals surface area contributed by atoms with E-state index in [4.69, 9.17) is 27.5 Å². The number of nitrogens with zero attached hydrogens (tertiary/aromatic N) is 1. The van der Waals surface area contributed by atoms with Gasteiger partial charge in [-0.25, -0.2) is 0 Å². The molecule has 1 aliphatic rings. The van der Waals surface area contributed by atoms with Crippen LogP contribution in [0.1, 0.15) is 13.8 Å². The molecular formula is C14H13Cl2NO4S. The van der Waals surface area contributed by atoms with Crippen LogP contribution in [0.2, 0.25) is 0 Å². The van der Waals surface area contributed by atoms with Gasteiger partial charge in [-0.2, -0.15) is 8.42 Å². The largest absolute Gasteiger partial charge is 0.358 e. The molecule has 8 heteroatoms. The molecule has 0 amide bonds. The summed E-state index contributed by atoms with van der Waals surface area (Å²) in [7, 11) is -4.05. The van der Waals surface area contributed by atoms with E-state index >= 15 is 0 Å². The van der Waals surface area contributed by atoms with E-state index in [1.54, 1.807) is 32.0 Å². The maximum absolute atomic E-state index is 12.0. The zero-order valence-corrected chi connectivity index (χ0v) is 14.1. The molecule has 118 valence electrons. The van der Waals surface area contributed by atoms with Gasteiger partial charge in [0.2, 0.25) is 0 Å². The Labute approximate surface area is 138 Å². The second-order valence-electron chi connectivity index (χ2n) is 4.74. The van der Waals surface area contributed by atoms with Gasteiger partial charge in [0.15, 0.2) is 5.78 Å². The molecule has 1 aromatic carbocycles. The summed E-state index contributed by atoms with van der Waals surface area (Å²) in [6, 6.07) is 7.59. The van der Waals surface area contributed by atoms with E-state index < -0.39 is 20.9 Å². The van der Waals surface area contributed by atoms with Gasteiger partial charge in [-0.15, -0.1) is 23.2 Å². The van der Waals surface area contributed by atoms with Crippen LogP contribution in [-0.2, 0) is 19.2 Å². The van der Waals surface area contributed by atoms with Crippen LogP contribution in [0.15, 0.2) is 51.5 Å². The van der Waals surface area contributed by atoms with Crippen LogP contribution in [0, 0.1) is 0 Å². The molecule has 0 radical (unpaired) electrons. The SMILES string of the molecule is CC1=C(C)C(=NOS(=O)(=O)c2ccccc2)C(Cl)C(Cl)C1=O. The summed E-state index contributed by atoms with van der Waals surface area (Å²) in [5.41, 5.74) is 0.986. The molecule has 0 aromatic heterocycles.